The van der Waals surface area contributed by atoms with E-state index < -0.39 is 0 Å². The molecular weight excluding hydrogens is 116 g/mol. The van der Waals surface area contributed by atoms with Crippen molar-refractivity contribution in [2.75, 3.05) is 27.2 Å². The minimum atomic E-state index is 0.0960. The van der Waals surface area contributed by atoms with Crippen molar-refractivity contribution >= 4 is 5.91 Å². The summed E-state index contributed by atoms with van der Waals surface area (Å²) in [6.07, 6.45) is 0. The van der Waals surface area contributed by atoms with Crippen molar-refractivity contribution in [2.24, 2.45) is 0 Å². The van der Waals surface area contributed by atoms with Crippen LogP contribution in [-0.2, 0) is 4.79 Å². The molecule has 0 rings (SSSR count). The molecule has 0 aromatic heterocycles. The Morgan fingerprint density at radius 2 is 2.22 bits per heavy atom. The lowest BCUT2D eigenvalue weighted by atomic mass is 10.5. The van der Waals surface area contributed by atoms with Gasteiger partial charge in [0.1, 0.15) is 0 Å². The predicted molar refractivity (Wildman–Crippen MR) is 37.5 cm³/mol. The predicted octanol–water partition coefficient (Wildman–Crippen LogP) is 0.468. The molecular formula is C6H13N2O-. The fraction of sp³-hybridized carbons (Fsp3) is 0.833. The van der Waals surface area contributed by atoms with Crippen molar-refractivity contribution in [1.82, 2.24) is 4.90 Å². The van der Waals surface area contributed by atoms with Crippen molar-refractivity contribution in [3.63, 3.8) is 0 Å². The van der Waals surface area contributed by atoms with Crippen molar-refractivity contribution in [2.45, 2.75) is 6.92 Å². The second kappa shape index (κ2) is 4.32. The normalized spacial score (nSPS) is 9.22. The summed E-state index contributed by atoms with van der Waals surface area (Å²) in [6, 6.07) is 0. The van der Waals surface area contributed by atoms with Crippen LogP contribution < -0.4 is 0 Å². The number of amides is 1. The van der Waals surface area contributed by atoms with E-state index in [4.69, 9.17) is 0 Å². The Morgan fingerprint density at radius 1 is 1.67 bits per heavy atom. The first kappa shape index (κ1) is 8.43. The van der Waals surface area contributed by atoms with E-state index in [1.54, 1.807) is 25.9 Å². The van der Waals surface area contributed by atoms with Crippen LogP contribution in [0.15, 0.2) is 0 Å². The van der Waals surface area contributed by atoms with Crippen LogP contribution >= 0.6 is 0 Å². The van der Waals surface area contributed by atoms with Crippen LogP contribution in [0.2, 0.25) is 0 Å². The van der Waals surface area contributed by atoms with Gasteiger partial charge < -0.3 is 10.2 Å². The fourth-order valence-corrected chi connectivity index (χ4v) is 0.407. The molecule has 0 aliphatic rings. The lowest BCUT2D eigenvalue weighted by Crippen LogP contribution is -2.26. The van der Waals surface area contributed by atoms with E-state index >= 15 is 0 Å². The highest BCUT2D eigenvalue weighted by Crippen LogP contribution is 1.84. The Morgan fingerprint density at radius 3 is 2.56 bits per heavy atom. The van der Waals surface area contributed by atoms with Gasteiger partial charge in [0.2, 0.25) is 5.91 Å². The Kier molecular flexibility index (Phi) is 4.05. The maximum absolute atomic E-state index is 10.5. The van der Waals surface area contributed by atoms with E-state index in [-0.39, 0.29) is 5.91 Å². The summed E-state index contributed by atoms with van der Waals surface area (Å²) in [5.74, 6) is 0.0960. The molecule has 0 aliphatic carbocycles. The Balaban J connectivity index is 3.27. The topological polar surface area (TPSA) is 34.4 Å². The molecule has 3 nitrogen and oxygen atoms in total. The van der Waals surface area contributed by atoms with Crippen molar-refractivity contribution in [1.29, 1.82) is 0 Å². The minimum Gasteiger partial charge on any atom is -0.664 e. The zero-order valence-corrected chi connectivity index (χ0v) is 6.22. The second-order valence-electron chi connectivity index (χ2n) is 1.98. The fourth-order valence-electron chi connectivity index (χ4n) is 0.407. The summed E-state index contributed by atoms with van der Waals surface area (Å²) < 4.78 is 0. The molecule has 0 aromatic rings. The Labute approximate surface area is 56.0 Å². The highest BCUT2D eigenvalue weighted by atomic mass is 16.2. The maximum Gasteiger partial charge on any atom is 0.219 e. The molecule has 0 aromatic carbocycles. The molecule has 54 valence electrons. The molecule has 0 spiro atoms. The SMILES string of the molecule is C[N-]CCN(C)C(C)=O. The molecule has 0 atom stereocenters. The van der Waals surface area contributed by atoms with Gasteiger partial charge in [-0.3, -0.25) is 4.79 Å². The Bertz CT molecular complexity index is 93.1. The second-order valence-corrected chi connectivity index (χ2v) is 1.98. The van der Waals surface area contributed by atoms with Gasteiger partial charge in [-0.05, 0) is 0 Å². The standard InChI is InChI=1S/C6H13N2O/c1-6(9)8(3)5-4-7-2/h4-5H2,1-3H3/q-1. The summed E-state index contributed by atoms with van der Waals surface area (Å²) in [5.41, 5.74) is 0. The van der Waals surface area contributed by atoms with E-state index in [2.05, 4.69) is 5.32 Å². The summed E-state index contributed by atoms with van der Waals surface area (Å²) >= 11 is 0. The largest absolute Gasteiger partial charge is 0.664 e. The van der Waals surface area contributed by atoms with Gasteiger partial charge in [0.15, 0.2) is 0 Å². The van der Waals surface area contributed by atoms with Gasteiger partial charge in [-0.1, -0.05) is 0 Å². The van der Waals surface area contributed by atoms with E-state index in [0.717, 1.165) is 13.1 Å². The van der Waals surface area contributed by atoms with Gasteiger partial charge in [-0.2, -0.15) is 7.05 Å². The highest BCUT2D eigenvalue weighted by molar-refractivity contribution is 5.72. The molecule has 0 N–H and O–H groups in total. The lowest BCUT2D eigenvalue weighted by Gasteiger charge is -2.19. The van der Waals surface area contributed by atoms with E-state index in [0.29, 0.717) is 0 Å². The van der Waals surface area contributed by atoms with E-state index in [1.165, 1.54) is 0 Å². The Hall–Kier alpha value is -0.570. The smallest absolute Gasteiger partial charge is 0.219 e. The molecule has 0 saturated heterocycles. The van der Waals surface area contributed by atoms with Crippen LogP contribution in [0.25, 0.3) is 5.32 Å². The molecule has 9 heavy (non-hydrogen) atoms. The molecule has 0 heterocycles. The number of hydrogen-bond donors (Lipinski definition) is 0. The number of nitrogens with zero attached hydrogens (tertiary/aromatic N) is 2. The summed E-state index contributed by atoms with van der Waals surface area (Å²) in [7, 11) is 3.52. The summed E-state index contributed by atoms with van der Waals surface area (Å²) in [5, 5.41) is 3.86. The van der Waals surface area contributed by atoms with Crippen LogP contribution in [0.3, 0.4) is 0 Å². The van der Waals surface area contributed by atoms with Crippen molar-refractivity contribution in [3.8, 4) is 0 Å². The average molecular weight is 129 g/mol. The van der Waals surface area contributed by atoms with Crippen LogP contribution in [0.4, 0.5) is 0 Å². The van der Waals surface area contributed by atoms with E-state index in [9.17, 15) is 4.79 Å². The third-order valence-corrected chi connectivity index (χ3v) is 1.20. The summed E-state index contributed by atoms with van der Waals surface area (Å²) in [6.45, 7) is 3.01. The van der Waals surface area contributed by atoms with Gasteiger partial charge in [0.05, 0.1) is 0 Å². The number of likely N-dealkylation sites (N-methyl/N-ethyl adjacent to an activating group) is 2. The zero-order chi connectivity index (χ0) is 7.28. The van der Waals surface area contributed by atoms with Crippen LogP contribution in [0, 0.1) is 0 Å². The first-order valence-electron chi connectivity index (χ1n) is 2.95. The molecule has 0 bridgehead atoms. The van der Waals surface area contributed by atoms with Crippen molar-refractivity contribution < 1.29 is 4.79 Å². The molecule has 0 fully saturated rings. The number of hydrogen-bond acceptors (Lipinski definition) is 1. The third-order valence-electron chi connectivity index (χ3n) is 1.20. The van der Waals surface area contributed by atoms with Crippen molar-refractivity contribution in [3.05, 3.63) is 5.32 Å². The summed E-state index contributed by atoms with van der Waals surface area (Å²) in [4.78, 5) is 12.2. The minimum absolute atomic E-state index is 0.0960. The lowest BCUT2D eigenvalue weighted by molar-refractivity contribution is -0.127. The van der Waals surface area contributed by atoms with Crippen LogP contribution in [0.5, 0.6) is 0 Å². The molecule has 0 unspecified atom stereocenters. The van der Waals surface area contributed by atoms with Gasteiger partial charge in [-0.25, -0.2) is 0 Å². The first-order valence-corrected chi connectivity index (χ1v) is 2.95. The maximum atomic E-state index is 10.5. The number of carbonyl (C=O) groups is 1. The number of rotatable bonds is 3. The van der Waals surface area contributed by atoms with Crippen LogP contribution in [-0.4, -0.2) is 38.0 Å². The molecule has 3 heteroatoms. The van der Waals surface area contributed by atoms with Gasteiger partial charge in [0, 0.05) is 20.5 Å². The zero-order valence-electron chi connectivity index (χ0n) is 6.22. The van der Waals surface area contributed by atoms with E-state index in [1.807, 2.05) is 0 Å². The van der Waals surface area contributed by atoms with Gasteiger partial charge in [-0.15, -0.1) is 6.54 Å². The average Bonchev–Trinajstić information content (AvgIpc) is 1.82. The van der Waals surface area contributed by atoms with Gasteiger partial charge >= 0.3 is 0 Å². The molecule has 0 radical (unpaired) electrons. The van der Waals surface area contributed by atoms with Crippen LogP contribution in [0.1, 0.15) is 6.92 Å². The quantitative estimate of drug-likeness (QED) is 0.545. The monoisotopic (exact) mass is 129 g/mol. The molecule has 0 aliphatic heterocycles. The molecule has 1 amide bonds. The number of carbonyl (C=O) groups excluding carboxylic acids is 1. The first-order chi connectivity index (χ1) is 4.18. The third kappa shape index (κ3) is 3.97. The molecule has 0 saturated carbocycles. The van der Waals surface area contributed by atoms with Gasteiger partial charge in [0.25, 0.3) is 0 Å². The highest BCUT2D eigenvalue weighted by Gasteiger charge is 1.95.